The first kappa shape index (κ1) is 27.2. The molecule has 40 heavy (non-hydrogen) atoms. The lowest BCUT2D eigenvalue weighted by atomic mass is 10.1. The molecule has 208 valence electrons. The molecule has 1 aliphatic heterocycles. The first-order valence-electron chi connectivity index (χ1n) is 13.7. The van der Waals surface area contributed by atoms with Gasteiger partial charge >= 0.3 is 0 Å². The molecule has 0 unspecified atom stereocenters. The number of rotatable bonds is 8. The molecule has 0 spiro atoms. The van der Waals surface area contributed by atoms with Crippen molar-refractivity contribution in [1.82, 2.24) is 24.6 Å². The molecule has 5 rings (SSSR count). The number of nitrogens with one attached hydrogen (secondary N) is 1. The topological polar surface area (TPSA) is 109 Å². The average molecular weight is 541 g/mol. The number of anilines is 1. The van der Waals surface area contributed by atoms with Gasteiger partial charge in [-0.05, 0) is 63.6 Å². The number of hydrogen-bond acceptors (Lipinski definition) is 6. The van der Waals surface area contributed by atoms with Crippen molar-refractivity contribution in [1.29, 1.82) is 0 Å². The van der Waals surface area contributed by atoms with Crippen molar-refractivity contribution in [3.63, 3.8) is 0 Å². The second-order valence-electron chi connectivity index (χ2n) is 10.6. The number of nitrogens with two attached hydrogens (primary N) is 1. The molecule has 1 saturated heterocycles. The monoisotopic (exact) mass is 540 g/mol. The fourth-order valence-electron chi connectivity index (χ4n) is 5.09. The van der Waals surface area contributed by atoms with Crippen molar-refractivity contribution >= 4 is 22.6 Å². The molecule has 4 aromatic rings. The van der Waals surface area contributed by atoms with Crippen molar-refractivity contribution in [2.75, 3.05) is 32.4 Å². The summed E-state index contributed by atoms with van der Waals surface area (Å²) in [6, 6.07) is 17.6. The number of H-pyrrole nitrogens is 1. The minimum Gasteiger partial charge on any atom is -0.457 e. The highest BCUT2D eigenvalue weighted by atomic mass is 16.5. The van der Waals surface area contributed by atoms with Crippen LogP contribution in [0.4, 0.5) is 5.82 Å². The van der Waals surface area contributed by atoms with Crippen molar-refractivity contribution in [2.24, 2.45) is 0 Å². The van der Waals surface area contributed by atoms with E-state index in [0.717, 1.165) is 29.7 Å². The third-order valence-corrected chi connectivity index (χ3v) is 7.56. The van der Waals surface area contributed by atoms with Gasteiger partial charge in [0.05, 0.1) is 11.4 Å². The Balaban J connectivity index is 1.42. The number of amides is 1. The number of likely N-dealkylation sites (tertiary alicyclic amines) is 1. The van der Waals surface area contributed by atoms with Gasteiger partial charge in [0.25, 0.3) is 5.56 Å². The summed E-state index contributed by atoms with van der Waals surface area (Å²) >= 11 is 0. The summed E-state index contributed by atoms with van der Waals surface area (Å²) in [5.41, 5.74) is 8.19. The molecule has 0 bridgehead atoms. The Bertz CT molecular complexity index is 1560. The minimum absolute atomic E-state index is 0.0114. The Labute approximate surface area is 233 Å². The van der Waals surface area contributed by atoms with E-state index in [9.17, 15) is 9.59 Å². The summed E-state index contributed by atoms with van der Waals surface area (Å²) in [5, 5.41) is 7.20. The maximum atomic E-state index is 13.1. The van der Waals surface area contributed by atoms with Crippen LogP contribution in [0.3, 0.4) is 0 Å². The van der Waals surface area contributed by atoms with Crippen LogP contribution >= 0.6 is 0 Å². The number of ether oxygens (including phenoxy) is 1. The number of carbonyl (C=O) groups excluding carboxylic acids is 1. The molecule has 9 heteroatoms. The van der Waals surface area contributed by atoms with Crippen molar-refractivity contribution < 1.29 is 9.53 Å². The number of nitrogens with zero attached hydrogens (tertiary/aromatic N) is 4. The molecule has 0 saturated carbocycles. The van der Waals surface area contributed by atoms with Gasteiger partial charge in [0.1, 0.15) is 17.0 Å². The standard InChI is InChI=1S/C31H36N6O3/c1-21(2)35(3)17-8-12-27(38)36-18-7-9-23(19-36)37-20-26(28-29(37)31(39)34-33-30(28)32)22-13-15-25(16-14-22)40-24-10-5-4-6-11-24/h4-6,8,10-16,20-21,23H,7,9,17-19H2,1-3H3,(H2,32,33)(H,34,39)/b12-8+/t23-/m1/s1. The zero-order chi connectivity index (χ0) is 28.2. The zero-order valence-electron chi connectivity index (χ0n) is 23.2. The third-order valence-electron chi connectivity index (χ3n) is 7.56. The fraction of sp³-hybridized carbons (Fsp3) is 0.323. The van der Waals surface area contributed by atoms with Crippen LogP contribution in [-0.4, -0.2) is 63.2 Å². The molecule has 0 radical (unpaired) electrons. The number of likely N-dealkylation sites (N-methyl/N-ethyl adjacent to an activating group) is 1. The number of fused-ring (bicyclic) bond motifs is 1. The lowest BCUT2D eigenvalue weighted by molar-refractivity contribution is -0.127. The molecular formula is C31H36N6O3. The van der Waals surface area contributed by atoms with Crippen LogP contribution in [0, 0.1) is 0 Å². The van der Waals surface area contributed by atoms with Crippen molar-refractivity contribution in [2.45, 2.75) is 38.8 Å². The Hall–Kier alpha value is -4.37. The van der Waals surface area contributed by atoms with Gasteiger partial charge in [-0.2, -0.15) is 5.10 Å². The smallest absolute Gasteiger partial charge is 0.288 e. The third kappa shape index (κ3) is 5.79. The number of benzene rings is 2. The van der Waals surface area contributed by atoms with Crippen LogP contribution in [-0.2, 0) is 4.79 Å². The van der Waals surface area contributed by atoms with Gasteiger partial charge in [0.15, 0.2) is 5.82 Å². The largest absolute Gasteiger partial charge is 0.457 e. The molecule has 1 aliphatic rings. The highest BCUT2D eigenvalue weighted by Gasteiger charge is 2.27. The summed E-state index contributed by atoms with van der Waals surface area (Å²) in [6.45, 7) is 6.16. The van der Waals surface area contributed by atoms with Gasteiger partial charge in [0, 0.05) is 43.5 Å². The van der Waals surface area contributed by atoms with E-state index < -0.39 is 0 Å². The summed E-state index contributed by atoms with van der Waals surface area (Å²) < 4.78 is 7.92. The van der Waals surface area contributed by atoms with Gasteiger partial charge in [0.2, 0.25) is 5.91 Å². The molecule has 2 aromatic heterocycles. The predicted octanol–water partition coefficient (Wildman–Crippen LogP) is 4.83. The van der Waals surface area contributed by atoms with Gasteiger partial charge in [-0.1, -0.05) is 36.4 Å². The second-order valence-corrected chi connectivity index (χ2v) is 10.6. The normalized spacial score (nSPS) is 15.9. The number of para-hydroxylation sites is 1. The Kier molecular flexibility index (Phi) is 8.02. The summed E-state index contributed by atoms with van der Waals surface area (Å²) in [7, 11) is 2.03. The maximum Gasteiger partial charge on any atom is 0.288 e. The van der Waals surface area contributed by atoms with E-state index in [2.05, 4.69) is 28.9 Å². The number of aromatic nitrogens is 3. The molecule has 9 nitrogen and oxygen atoms in total. The second kappa shape index (κ2) is 11.8. The van der Waals surface area contributed by atoms with Gasteiger partial charge < -0.3 is 24.8 Å². The number of hydrogen-bond donors (Lipinski definition) is 2. The molecule has 1 fully saturated rings. The van der Waals surface area contributed by atoms with Crippen LogP contribution in [0.5, 0.6) is 11.5 Å². The van der Waals surface area contributed by atoms with E-state index in [1.165, 1.54) is 0 Å². The molecule has 1 amide bonds. The van der Waals surface area contributed by atoms with Crippen LogP contribution in [0.2, 0.25) is 0 Å². The van der Waals surface area contributed by atoms with Crippen molar-refractivity contribution in [3.05, 3.63) is 83.3 Å². The highest BCUT2D eigenvalue weighted by molar-refractivity contribution is 6.02. The number of piperidine rings is 1. The first-order valence-corrected chi connectivity index (χ1v) is 13.7. The van der Waals surface area contributed by atoms with E-state index in [1.54, 1.807) is 6.08 Å². The van der Waals surface area contributed by atoms with Crippen LogP contribution < -0.4 is 16.0 Å². The van der Waals surface area contributed by atoms with E-state index in [4.69, 9.17) is 10.5 Å². The Morgan fingerprint density at radius 2 is 1.90 bits per heavy atom. The lowest BCUT2D eigenvalue weighted by Crippen LogP contribution is -2.40. The van der Waals surface area contributed by atoms with Gasteiger partial charge in [-0.15, -0.1) is 0 Å². The van der Waals surface area contributed by atoms with Crippen LogP contribution in [0.1, 0.15) is 32.7 Å². The van der Waals surface area contributed by atoms with E-state index in [0.29, 0.717) is 42.3 Å². The van der Waals surface area contributed by atoms with Crippen molar-refractivity contribution in [3.8, 4) is 22.6 Å². The number of nitrogen functional groups attached to an aromatic ring is 1. The Morgan fingerprint density at radius 3 is 2.62 bits per heavy atom. The molecule has 0 aliphatic carbocycles. The van der Waals surface area contributed by atoms with Gasteiger partial charge in [-0.25, -0.2) is 5.10 Å². The molecular weight excluding hydrogens is 504 g/mol. The maximum absolute atomic E-state index is 13.1. The quantitative estimate of drug-likeness (QED) is 0.310. The van der Waals surface area contributed by atoms with E-state index in [-0.39, 0.29) is 23.3 Å². The highest BCUT2D eigenvalue weighted by Crippen LogP contribution is 2.36. The van der Waals surface area contributed by atoms with E-state index in [1.807, 2.05) is 83.4 Å². The summed E-state index contributed by atoms with van der Waals surface area (Å²) in [4.78, 5) is 30.1. The minimum atomic E-state index is -0.306. The van der Waals surface area contributed by atoms with Crippen LogP contribution in [0.15, 0.2) is 77.7 Å². The van der Waals surface area contributed by atoms with E-state index >= 15 is 0 Å². The van der Waals surface area contributed by atoms with Gasteiger partial charge in [-0.3, -0.25) is 9.59 Å². The molecule has 3 N–H and O–H groups in total. The molecule has 3 heterocycles. The molecule has 2 aromatic carbocycles. The lowest BCUT2D eigenvalue weighted by Gasteiger charge is -2.33. The first-order chi connectivity index (χ1) is 19.3. The average Bonchev–Trinajstić information content (AvgIpc) is 3.38. The predicted molar refractivity (Wildman–Crippen MR) is 158 cm³/mol. The zero-order valence-corrected chi connectivity index (χ0v) is 23.2. The number of carbonyl (C=O) groups is 1. The summed E-state index contributed by atoms with van der Waals surface area (Å²) in [5.74, 6) is 1.71. The summed E-state index contributed by atoms with van der Waals surface area (Å²) in [6.07, 6.45) is 7.23. The Morgan fingerprint density at radius 1 is 1.18 bits per heavy atom. The fourth-order valence-corrected chi connectivity index (χ4v) is 5.09. The number of aromatic amines is 1. The SMILES string of the molecule is CC(C)N(C)C/C=C/C(=O)N1CCC[C@@H](n2cc(-c3ccc(Oc4ccccc4)cc3)c3c(N)n[nH]c(=O)c32)C1. The molecule has 1 atom stereocenters. The van der Waals surface area contributed by atoms with Crippen LogP contribution in [0.25, 0.3) is 22.0 Å².